The molecule has 1 fully saturated rings. The molecule has 0 N–H and O–H groups in total. The fourth-order valence-corrected chi connectivity index (χ4v) is 2.55. The van der Waals surface area contributed by atoms with Gasteiger partial charge in [0, 0.05) is 11.9 Å². The van der Waals surface area contributed by atoms with Gasteiger partial charge in [0.05, 0.1) is 18.2 Å². The number of rotatable bonds is 5. The Balaban J connectivity index is 2.10. The molecule has 0 aliphatic carbocycles. The fraction of sp³-hybridized carbons (Fsp3) is 0.538. The minimum Gasteiger partial charge on any atom is -0.493 e. The maximum atomic E-state index is 6.21. The van der Waals surface area contributed by atoms with E-state index in [1.54, 1.807) is 7.11 Å². The molecular weight excluding hydrogens is 319 g/mol. The van der Waals surface area contributed by atoms with Gasteiger partial charge in [-0.3, -0.25) is 0 Å². The van der Waals surface area contributed by atoms with Crippen LogP contribution in [0.15, 0.2) is 12.1 Å². The lowest BCUT2D eigenvalue weighted by Gasteiger charge is -2.16. The van der Waals surface area contributed by atoms with Crippen LogP contribution in [0.4, 0.5) is 0 Å². The molecule has 0 radical (unpaired) electrons. The van der Waals surface area contributed by atoms with E-state index < -0.39 is 0 Å². The van der Waals surface area contributed by atoms with Gasteiger partial charge in [-0.05, 0) is 30.5 Å². The second kappa shape index (κ2) is 6.64. The molecule has 0 amide bonds. The summed E-state index contributed by atoms with van der Waals surface area (Å²) in [5.74, 6) is 1.26. The normalized spacial score (nSPS) is 18.9. The summed E-state index contributed by atoms with van der Waals surface area (Å²) in [7, 11) is 1.61. The van der Waals surface area contributed by atoms with Crippen LogP contribution < -0.4 is 9.47 Å². The second-order valence-corrected chi connectivity index (χ2v) is 5.16. The standard InChI is InChI=1S/C13H16BrClO3/c1-16-12-6-9(7-14)5-11(15)13(12)18-8-10-3-2-4-17-10/h5-6,10H,2-4,7-8H2,1H3. The third kappa shape index (κ3) is 3.31. The van der Waals surface area contributed by atoms with E-state index >= 15 is 0 Å². The number of alkyl halides is 1. The summed E-state index contributed by atoms with van der Waals surface area (Å²) in [5, 5.41) is 1.30. The van der Waals surface area contributed by atoms with Crippen LogP contribution in [0, 0.1) is 0 Å². The van der Waals surface area contributed by atoms with Crippen LogP contribution in [0.1, 0.15) is 18.4 Å². The van der Waals surface area contributed by atoms with E-state index in [2.05, 4.69) is 15.9 Å². The van der Waals surface area contributed by atoms with Crippen molar-refractivity contribution in [3.8, 4) is 11.5 Å². The predicted molar refractivity (Wildman–Crippen MR) is 75.1 cm³/mol. The molecular formula is C13H16BrClO3. The molecule has 1 aliphatic heterocycles. The molecule has 1 aromatic carbocycles. The van der Waals surface area contributed by atoms with E-state index in [1.165, 1.54) is 0 Å². The topological polar surface area (TPSA) is 27.7 Å². The predicted octanol–water partition coefficient (Wildman–Crippen LogP) is 3.80. The number of hydrogen-bond acceptors (Lipinski definition) is 3. The zero-order valence-corrected chi connectivity index (χ0v) is 12.6. The van der Waals surface area contributed by atoms with Gasteiger partial charge in [-0.25, -0.2) is 0 Å². The van der Waals surface area contributed by atoms with Crippen LogP contribution in [-0.4, -0.2) is 26.4 Å². The molecule has 100 valence electrons. The monoisotopic (exact) mass is 334 g/mol. The molecule has 5 heteroatoms. The van der Waals surface area contributed by atoms with Crippen molar-refractivity contribution in [1.29, 1.82) is 0 Å². The Labute approximate surface area is 120 Å². The molecule has 1 aliphatic rings. The van der Waals surface area contributed by atoms with Crippen molar-refractivity contribution in [2.75, 3.05) is 20.3 Å². The smallest absolute Gasteiger partial charge is 0.179 e. The Kier molecular flexibility index (Phi) is 5.15. The average molecular weight is 336 g/mol. The first-order valence-electron chi connectivity index (χ1n) is 5.91. The number of methoxy groups -OCH3 is 1. The van der Waals surface area contributed by atoms with Crippen molar-refractivity contribution < 1.29 is 14.2 Å². The number of hydrogen-bond donors (Lipinski definition) is 0. The Hall–Kier alpha value is -0.450. The van der Waals surface area contributed by atoms with Gasteiger partial charge in [-0.1, -0.05) is 27.5 Å². The SMILES string of the molecule is COc1cc(CBr)cc(Cl)c1OCC1CCCO1. The van der Waals surface area contributed by atoms with Crippen LogP contribution in [0.3, 0.4) is 0 Å². The maximum Gasteiger partial charge on any atom is 0.179 e. The highest BCUT2D eigenvalue weighted by molar-refractivity contribution is 9.08. The van der Waals surface area contributed by atoms with Crippen molar-refractivity contribution in [3.63, 3.8) is 0 Å². The van der Waals surface area contributed by atoms with Gasteiger partial charge < -0.3 is 14.2 Å². The van der Waals surface area contributed by atoms with Gasteiger partial charge in [0.25, 0.3) is 0 Å². The Morgan fingerprint density at radius 1 is 1.50 bits per heavy atom. The highest BCUT2D eigenvalue weighted by atomic mass is 79.9. The zero-order chi connectivity index (χ0) is 13.0. The minimum absolute atomic E-state index is 0.168. The second-order valence-electron chi connectivity index (χ2n) is 4.19. The van der Waals surface area contributed by atoms with Crippen LogP contribution in [0.2, 0.25) is 5.02 Å². The third-order valence-electron chi connectivity index (χ3n) is 2.88. The van der Waals surface area contributed by atoms with Crippen molar-refractivity contribution in [2.24, 2.45) is 0 Å². The van der Waals surface area contributed by atoms with E-state index in [0.29, 0.717) is 23.1 Å². The largest absolute Gasteiger partial charge is 0.493 e. The van der Waals surface area contributed by atoms with Crippen molar-refractivity contribution in [1.82, 2.24) is 0 Å². The van der Waals surface area contributed by atoms with Gasteiger partial charge in [0.2, 0.25) is 0 Å². The maximum absolute atomic E-state index is 6.21. The fourth-order valence-electron chi connectivity index (χ4n) is 1.94. The van der Waals surface area contributed by atoms with Gasteiger partial charge in [-0.2, -0.15) is 0 Å². The highest BCUT2D eigenvalue weighted by Crippen LogP contribution is 2.37. The van der Waals surface area contributed by atoms with E-state index in [-0.39, 0.29) is 6.10 Å². The van der Waals surface area contributed by atoms with Gasteiger partial charge in [0.15, 0.2) is 11.5 Å². The van der Waals surface area contributed by atoms with Gasteiger partial charge >= 0.3 is 0 Å². The summed E-state index contributed by atoms with van der Waals surface area (Å²) in [4.78, 5) is 0. The quantitative estimate of drug-likeness (QED) is 0.766. The first-order valence-corrected chi connectivity index (χ1v) is 7.41. The molecule has 1 aromatic rings. The van der Waals surface area contributed by atoms with E-state index in [1.807, 2.05) is 12.1 Å². The van der Waals surface area contributed by atoms with E-state index in [0.717, 1.165) is 30.3 Å². The van der Waals surface area contributed by atoms with Gasteiger partial charge in [-0.15, -0.1) is 0 Å². The number of halogens is 2. The van der Waals surface area contributed by atoms with Gasteiger partial charge in [0.1, 0.15) is 6.61 Å². The molecule has 1 unspecified atom stereocenters. The number of benzene rings is 1. The summed E-state index contributed by atoms with van der Waals surface area (Å²) in [5.41, 5.74) is 1.06. The molecule has 2 rings (SSSR count). The lowest BCUT2D eigenvalue weighted by atomic mass is 10.2. The first kappa shape index (κ1) is 14.0. The molecule has 1 saturated heterocycles. The molecule has 3 nitrogen and oxygen atoms in total. The summed E-state index contributed by atoms with van der Waals surface area (Å²) >= 11 is 9.61. The van der Waals surface area contributed by atoms with Crippen molar-refractivity contribution in [2.45, 2.75) is 24.3 Å². The Morgan fingerprint density at radius 3 is 2.94 bits per heavy atom. The molecule has 1 atom stereocenters. The van der Waals surface area contributed by atoms with Crippen LogP contribution >= 0.6 is 27.5 Å². The summed E-state index contributed by atoms with van der Waals surface area (Å²) in [6.45, 7) is 1.34. The lowest BCUT2D eigenvalue weighted by molar-refractivity contribution is 0.0670. The van der Waals surface area contributed by atoms with Crippen LogP contribution in [0.5, 0.6) is 11.5 Å². The van der Waals surface area contributed by atoms with Crippen molar-refractivity contribution >= 4 is 27.5 Å². The summed E-state index contributed by atoms with van der Waals surface area (Å²) in [6, 6.07) is 3.80. The molecule has 0 saturated carbocycles. The van der Waals surface area contributed by atoms with E-state index in [4.69, 9.17) is 25.8 Å². The Morgan fingerprint density at radius 2 is 2.33 bits per heavy atom. The van der Waals surface area contributed by atoms with E-state index in [9.17, 15) is 0 Å². The molecule has 0 spiro atoms. The molecule has 18 heavy (non-hydrogen) atoms. The highest BCUT2D eigenvalue weighted by Gasteiger charge is 2.18. The lowest BCUT2D eigenvalue weighted by Crippen LogP contribution is -2.16. The van der Waals surface area contributed by atoms with Crippen LogP contribution in [0.25, 0.3) is 0 Å². The van der Waals surface area contributed by atoms with Crippen LogP contribution in [-0.2, 0) is 10.1 Å². The summed E-state index contributed by atoms with van der Waals surface area (Å²) < 4.78 is 16.6. The molecule has 1 heterocycles. The summed E-state index contributed by atoms with van der Waals surface area (Å²) in [6.07, 6.45) is 2.31. The van der Waals surface area contributed by atoms with Crippen molar-refractivity contribution in [3.05, 3.63) is 22.7 Å². The minimum atomic E-state index is 0.168. The average Bonchev–Trinajstić information content (AvgIpc) is 2.89. The molecule has 0 bridgehead atoms. The molecule has 0 aromatic heterocycles. The first-order chi connectivity index (χ1) is 8.74. The third-order valence-corrected chi connectivity index (χ3v) is 3.81. The zero-order valence-electron chi connectivity index (χ0n) is 10.2. The Bertz CT molecular complexity index is 405. The number of ether oxygens (including phenoxy) is 3.